The van der Waals surface area contributed by atoms with Gasteiger partial charge in [0.15, 0.2) is 11.6 Å². The van der Waals surface area contributed by atoms with Crippen LogP contribution in [0.25, 0.3) is 0 Å². The fourth-order valence-corrected chi connectivity index (χ4v) is 1.31. The minimum absolute atomic E-state index is 0. The van der Waals surface area contributed by atoms with E-state index in [4.69, 9.17) is 14.9 Å². The molecule has 0 amide bonds. The Hall–Kier alpha value is -3.56. The van der Waals surface area contributed by atoms with Crippen LogP contribution in [0, 0.1) is 5.82 Å². The van der Waals surface area contributed by atoms with Gasteiger partial charge in [0.25, 0.3) is 0 Å². The summed E-state index contributed by atoms with van der Waals surface area (Å²) in [7, 11) is 0. The van der Waals surface area contributed by atoms with E-state index in [9.17, 15) is 9.18 Å². The van der Waals surface area contributed by atoms with E-state index in [-0.39, 0.29) is 17.1 Å². The third kappa shape index (κ3) is 2.97. The standard InChI is InChI=1S/C13H9FO4.Cm/c14-11-7-10(5-6-12(11)16)18-13(17)8-1-3-9(15)4-2-8;/h1-7,15-16H;. The minimum atomic E-state index is -0.869. The van der Waals surface area contributed by atoms with Gasteiger partial charge in [-0.3, -0.25) is 0 Å². The Morgan fingerprint density at radius 2 is 1.68 bits per heavy atom. The topological polar surface area (TPSA) is 66.8 Å². The second-order valence-corrected chi connectivity index (χ2v) is 3.55. The van der Waals surface area contributed by atoms with Crippen LogP contribution in [-0.2, 0) is 0 Å². The number of phenols is 2. The molecule has 0 fully saturated rings. The van der Waals surface area contributed by atoms with E-state index in [1.54, 1.807) is 0 Å². The van der Waals surface area contributed by atoms with Gasteiger partial charge in [0, 0.05) is 6.07 Å². The van der Waals surface area contributed by atoms with Gasteiger partial charge in [-0.05, 0) is 36.4 Å². The Bertz CT molecular complexity index is 584. The molecule has 0 atom stereocenters. The van der Waals surface area contributed by atoms with E-state index in [2.05, 4.69) is 0 Å². The molecule has 0 bridgehead atoms. The number of ether oxygens (including phenoxy) is 1. The Labute approximate surface area is 102 Å². The summed E-state index contributed by atoms with van der Waals surface area (Å²) >= 11 is 0. The van der Waals surface area contributed by atoms with Crippen LogP contribution in [0.15, 0.2) is 42.5 Å². The molecule has 0 heterocycles. The number of rotatable bonds is 2. The molecule has 2 rings (SSSR count). The SMILES string of the molecule is O=C(Oc1ccc(O)c(F)c1)c1ccc(O)cc1.[Cm]. The predicted molar refractivity (Wildman–Crippen MR) is 61.1 cm³/mol. The van der Waals surface area contributed by atoms with Crippen molar-refractivity contribution in [2.75, 3.05) is 0 Å². The molecule has 0 saturated carbocycles. The maximum atomic E-state index is 13.0. The van der Waals surface area contributed by atoms with Crippen LogP contribution in [0.4, 0.5) is 4.39 Å². The van der Waals surface area contributed by atoms with E-state index < -0.39 is 17.5 Å². The molecular formula is C13H9CmFO4. The van der Waals surface area contributed by atoms with Crippen molar-refractivity contribution in [2.45, 2.75) is 0 Å². The van der Waals surface area contributed by atoms with Crippen LogP contribution in [0.5, 0.6) is 17.2 Å². The van der Waals surface area contributed by atoms with Crippen LogP contribution in [0.2, 0.25) is 0 Å². The molecule has 4 nitrogen and oxygen atoms in total. The molecule has 6 heteroatoms. The molecule has 2 N–H and O–H groups in total. The summed E-state index contributed by atoms with van der Waals surface area (Å²) < 4.78 is 17.9. The van der Waals surface area contributed by atoms with Crippen molar-refractivity contribution in [2.24, 2.45) is 0 Å². The van der Waals surface area contributed by atoms with E-state index in [1.807, 2.05) is 0 Å². The van der Waals surface area contributed by atoms with E-state index >= 15 is 0 Å². The molecule has 0 radical (unpaired) electrons. The van der Waals surface area contributed by atoms with Gasteiger partial charge in [-0.15, -0.1) is 0 Å². The second-order valence-electron chi connectivity index (χ2n) is 3.55. The number of phenolic OH excluding ortho intramolecular Hbond substituents is 2. The number of esters is 1. The second kappa shape index (κ2) is 5.18. The third-order valence-electron chi connectivity index (χ3n) is 2.23. The van der Waals surface area contributed by atoms with Gasteiger partial charge in [0.1, 0.15) is 11.5 Å². The first-order valence-electron chi connectivity index (χ1n) is 5.06. The fraction of sp³-hybridized carbons (Fsp3) is 0. The molecule has 100 valence electrons. The van der Waals surface area contributed by atoms with Gasteiger partial charge in [-0.25, -0.2) is 9.18 Å². The number of benzene rings is 2. The Morgan fingerprint density at radius 1 is 1.05 bits per heavy atom. The summed E-state index contributed by atoms with van der Waals surface area (Å²) in [5.41, 5.74) is 0.223. The van der Waals surface area contributed by atoms with Crippen molar-refractivity contribution in [3.05, 3.63) is 53.8 Å². The summed E-state index contributed by atoms with van der Waals surface area (Å²) in [4.78, 5) is 11.6. The van der Waals surface area contributed by atoms with Crippen LogP contribution >= 0.6 is 0 Å². The van der Waals surface area contributed by atoms with E-state index in [0.717, 1.165) is 12.1 Å². The number of hydrogen-bond donors (Lipinski definition) is 2. The Kier molecular flexibility index (Phi) is 3.68. The summed E-state index contributed by atoms with van der Waals surface area (Å²) in [5, 5.41) is 18.0. The molecule has 2 aromatic carbocycles. The minimum Gasteiger partial charge on any atom is -0.508 e. The monoisotopic (exact) mass is 491 g/mol. The molecule has 0 aromatic heterocycles. The zero-order chi connectivity index (χ0) is 13.1. The first-order valence-corrected chi connectivity index (χ1v) is 5.06. The predicted octanol–water partition coefficient (Wildman–Crippen LogP) is 2.46. The average molecular weight is 495 g/mol. The van der Waals surface area contributed by atoms with Crippen molar-refractivity contribution in [3.8, 4) is 17.2 Å². The van der Waals surface area contributed by atoms with Crippen LogP contribution in [-0.4, -0.2) is 16.2 Å². The smallest absolute Gasteiger partial charge is 0.343 e. The summed E-state index contributed by atoms with van der Waals surface area (Å²) in [6.07, 6.45) is 0. The number of aromatic hydroxyl groups is 2. The normalized spacial score (nSPS) is 9.53. The molecule has 0 spiro atoms. The number of hydrogen-bond acceptors (Lipinski definition) is 4. The molecular weight excluding hydrogens is 486 g/mol. The molecule has 0 aliphatic heterocycles. The first kappa shape index (κ1) is 13.5. The molecule has 0 aliphatic carbocycles. The molecule has 2 aromatic rings. The van der Waals surface area contributed by atoms with Crippen LogP contribution in [0.3, 0.4) is 0 Å². The fourth-order valence-electron chi connectivity index (χ4n) is 1.31. The molecule has 0 saturated heterocycles. The molecule has 0 unspecified atom stereocenters. The van der Waals surface area contributed by atoms with Crippen LogP contribution < -0.4 is 4.74 Å². The van der Waals surface area contributed by atoms with Crippen LogP contribution in [0.1, 0.15) is 10.4 Å². The van der Waals surface area contributed by atoms with Gasteiger partial charge >= 0.3 is 5.97 Å². The number of halogens is 1. The van der Waals surface area contributed by atoms with Crippen molar-refractivity contribution in [3.63, 3.8) is 0 Å². The van der Waals surface area contributed by atoms with E-state index in [1.165, 1.54) is 30.3 Å². The van der Waals surface area contributed by atoms with Gasteiger partial charge in [0.2, 0.25) is 0 Å². The van der Waals surface area contributed by atoms with E-state index in [0.29, 0.717) is 0 Å². The largest absolute Gasteiger partial charge is 0.508 e. The van der Waals surface area contributed by atoms with Gasteiger partial charge in [-0.2, -0.15) is 0 Å². The zero-order valence-electron chi connectivity index (χ0n) is 9.48. The average Bonchev–Trinajstić information content (AvgIpc) is 2.34. The molecule has 19 heavy (non-hydrogen) atoms. The molecule has 0 aliphatic rings. The maximum absolute atomic E-state index is 13.0. The summed E-state index contributed by atoms with van der Waals surface area (Å²) in [6.45, 7) is 0. The Balaban J connectivity index is 0.00000180. The van der Waals surface area contributed by atoms with Gasteiger partial charge in [0.05, 0.1) is 5.56 Å². The van der Waals surface area contributed by atoms with Crippen molar-refractivity contribution >= 4 is 5.97 Å². The quantitative estimate of drug-likeness (QED) is 0.497. The number of carbonyl (C=O) groups is 1. The zero-order valence-corrected chi connectivity index (χ0v) is 12.4. The number of carbonyl (C=O) groups excluding carboxylic acids is 1. The van der Waals surface area contributed by atoms with Gasteiger partial charge in [-0.1, -0.05) is 0 Å². The van der Waals surface area contributed by atoms with Crippen molar-refractivity contribution in [1.29, 1.82) is 0 Å². The van der Waals surface area contributed by atoms with Crippen molar-refractivity contribution in [1.82, 2.24) is 0 Å². The summed E-state index contributed by atoms with van der Waals surface area (Å²) in [5.74, 6) is -2.05. The Morgan fingerprint density at radius 3 is 2.26 bits per heavy atom. The first-order chi connectivity index (χ1) is 8.56. The summed E-state index contributed by atoms with van der Waals surface area (Å²) in [6, 6.07) is 8.73. The third-order valence-corrected chi connectivity index (χ3v) is 2.23. The van der Waals surface area contributed by atoms with Crippen molar-refractivity contribution < 1.29 is 24.1 Å². The van der Waals surface area contributed by atoms with Gasteiger partial charge < -0.3 is 14.9 Å². The maximum Gasteiger partial charge on any atom is 0.343 e.